The smallest absolute Gasteiger partial charge is 0.0366 e. The first-order valence-corrected chi connectivity index (χ1v) is 9.44. The summed E-state index contributed by atoms with van der Waals surface area (Å²) >= 11 is 6.84. The molecule has 19 heavy (non-hydrogen) atoms. The monoisotopic (exact) mass is 492 g/mol. The molecule has 0 saturated carbocycles. The SMILES string of the molecule is CCc1cc2c(cc1I)sc1cc(I)c(CC)cc12. The third-order valence-electron chi connectivity index (χ3n) is 3.57. The van der Waals surface area contributed by atoms with Gasteiger partial charge in [0.2, 0.25) is 0 Å². The lowest BCUT2D eigenvalue weighted by Gasteiger charge is -2.03. The normalized spacial score (nSPS) is 11.6. The number of benzene rings is 2. The van der Waals surface area contributed by atoms with Crippen LogP contribution in [0.1, 0.15) is 25.0 Å². The molecule has 3 heteroatoms. The minimum atomic E-state index is 1.11. The van der Waals surface area contributed by atoms with Gasteiger partial charge in [0.25, 0.3) is 0 Å². The van der Waals surface area contributed by atoms with Crippen LogP contribution in [-0.2, 0) is 12.8 Å². The molecule has 0 spiro atoms. The molecule has 1 heterocycles. The summed E-state index contributed by atoms with van der Waals surface area (Å²) in [7, 11) is 0. The van der Waals surface area contributed by atoms with E-state index in [1.165, 1.54) is 38.4 Å². The van der Waals surface area contributed by atoms with Crippen molar-refractivity contribution in [1.82, 2.24) is 0 Å². The van der Waals surface area contributed by atoms with Crippen LogP contribution in [0.25, 0.3) is 20.2 Å². The van der Waals surface area contributed by atoms with Gasteiger partial charge in [0.1, 0.15) is 0 Å². The van der Waals surface area contributed by atoms with Gasteiger partial charge in [0.05, 0.1) is 0 Å². The molecule has 1 aromatic heterocycles. The molecule has 0 fully saturated rings. The van der Waals surface area contributed by atoms with E-state index in [1.807, 2.05) is 11.3 Å². The largest absolute Gasteiger partial charge is 0.135 e. The van der Waals surface area contributed by atoms with E-state index in [0.29, 0.717) is 0 Å². The van der Waals surface area contributed by atoms with Crippen LogP contribution < -0.4 is 0 Å². The Kier molecular flexibility index (Phi) is 4.06. The van der Waals surface area contributed by atoms with Gasteiger partial charge >= 0.3 is 0 Å². The van der Waals surface area contributed by atoms with Gasteiger partial charge < -0.3 is 0 Å². The molecule has 0 amide bonds. The van der Waals surface area contributed by atoms with E-state index in [1.54, 1.807) is 0 Å². The maximum atomic E-state index is 2.46. The molecule has 0 atom stereocenters. The fraction of sp³-hybridized carbons (Fsp3) is 0.250. The summed E-state index contributed by atoms with van der Waals surface area (Å²) < 4.78 is 5.62. The summed E-state index contributed by atoms with van der Waals surface area (Å²) in [4.78, 5) is 0. The third-order valence-corrected chi connectivity index (χ3v) is 6.69. The predicted molar refractivity (Wildman–Crippen MR) is 104 cm³/mol. The van der Waals surface area contributed by atoms with Crippen LogP contribution in [0.5, 0.6) is 0 Å². The summed E-state index contributed by atoms with van der Waals surface area (Å²) in [5.74, 6) is 0. The van der Waals surface area contributed by atoms with Crippen LogP contribution in [0.4, 0.5) is 0 Å². The molecule has 0 bridgehead atoms. The minimum Gasteiger partial charge on any atom is -0.135 e. The molecule has 0 radical (unpaired) electrons. The van der Waals surface area contributed by atoms with Crippen molar-refractivity contribution in [2.24, 2.45) is 0 Å². The number of hydrogen-bond acceptors (Lipinski definition) is 1. The van der Waals surface area contributed by atoms with Crippen molar-refractivity contribution in [3.05, 3.63) is 42.5 Å². The molecule has 0 aliphatic carbocycles. The average molecular weight is 492 g/mol. The Morgan fingerprint density at radius 2 is 1.21 bits per heavy atom. The molecule has 0 unspecified atom stereocenters. The molecule has 2 aromatic carbocycles. The first kappa shape index (κ1) is 14.1. The lowest BCUT2D eigenvalue weighted by Crippen LogP contribution is -1.86. The van der Waals surface area contributed by atoms with E-state index < -0.39 is 0 Å². The summed E-state index contributed by atoms with van der Waals surface area (Å²) in [6.45, 7) is 4.47. The lowest BCUT2D eigenvalue weighted by molar-refractivity contribution is 1.13. The van der Waals surface area contributed by atoms with Crippen LogP contribution in [0, 0.1) is 7.14 Å². The number of aryl methyl sites for hydroxylation is 2. The summed E-state index contributed by atoms with van der Waals surface area (Å²) in [6, 6.07) is 9.47. The molecule has 3 aromatic rings. The quantitative estimate of drug-likeness (QED) is 0.364. The van der Waals surface area contributed by atoms with Crippen molar-refractivity contribution in [1.29, 1.82) is 0 Å². The molecular formula is C16H14I2S. The van der Waals surface area contributed by atoms with E-state index in [2.05, 4.69) is 83.3 Å². The number of halogens is 2. The molecule has 0 saturated heterocycles. The van der Waals surface area contributed by atoms with Gasteiger partial charge in [-0.3, -0.25) is 0 Å². The zero-order valence-electron chi connectivity index (χ0n) is 10.9. The van der Waals surface area contributed by atoms with E-state index >= 15 is 0 Å². The van der Waals surface area contributed by atoms with Gasteiger partial charge in [-0.2, -0.15) is 0 Å². The number of thiophene rings is 1. The van der Waals surface area contributed by atoms with E-state index in [-0.39, 0.29) is 0 Å². The topological polar surface area (TPSA) is 0 Å². The molecular weight excluding hydrogens is 478 g/mol. The second-order valence-corrected chi connectivity index (χ2v) is 8.10. The van der Waals surface area contributed by atoms with Crippen LogP contribution in [0.15, 0.2) is 24.3 Å². The molecule has 0 aliphatic heterocycles. The highest BCUT2D eigenvalue weighted by Crippen LogP contribution is 2.37. The van der Waals surface area contributed by atoms with Crippen molar-refractivity contribution in [2.75, 3.05) is 0 Å². The van der Waals surface area contributed by atoms with Crippen LogP contribution in [0.2, 0.25) is 0 Å². The maximum absolute atomic E-state index is 2.46. The Morgan fingerprint density at radius 3 is 1.58 bits per heavy atom. The lowest BCUT2D eigenvalue weighted by atomic mass is 10.1. The van der Waals surface area contributed by atoms with Gasteiger partial charge in [-0.15, -0.1) is 11.3 Å². The van der Waals surface area contributed by atoms with Gasteiger partial charge in [-0.1, -0.05) is 13.8 Å². The Balaban J connectivity index is 2.41. The zero-order valence-corrected chi connectivity index (χ0v) is 16.0. The van der Waals surface area contributed by atoms with Gasteiger partial charge in [0, 0.05) is 27.3 Å². The second-order valence-electron chi connectivity index (χ2n) is 4.69. The highest BCUT2D eigenvalue weighted by atomic mass is 127. The van der Waals surface area contributed by atoms with Crippen molar-refractivity contribution in [2.45, 2.75) is 26.7 Å². The van der Waals surface area contributed by atoms with Crippen molar-refractivity contribution >= 4 is 76.7 Å². The Bertz CT molecular complexity index is 707. The fourth-order valence-corrected chi connectivity index (χ4v) is 5.72. The highest BCUT2D eigenvalue weighted by molar-refractivity contribution is 14.1. The molecule has 0 nitrogen and oxygen atoms in total. The van der Waals surface area contributed by atoms with E-state index in [0.717, 1.165) is 12.8 Å². The third kappa shape index (κ3) is 2.42. The first-order chi connectivity index (χ1) is 9.13. The van der Waals surface area contributed by atoms with Crippen molar-refractivity contribution in [3.63, 3.8) is 0 Å². The Morgan fingerprint density at radius 1 is 0.789 bits per heavy atom. The zero-order chi connectivity index (χ0) is 13.6. The predicted octanol–water partition coefficient (Wildman–Crippen LogP) is 6.39. The molecule has 98 valence electrons. The summed E-state index contributed by atoms with van der Waals surface area (Å²) in [5, 5.41) is 2.87. The maximum Gasteiger partial charge on any atom is 0.0366 e. The summed E-state index contributed by atoms with van der Waals surface area (Å²) in [6.07, 6.45) is 2.22. The van der Waals surface area contributed by atoms with Crippen molar-refractivity contribution in [3.8, 4) is 0 Å². The van der Waals surface area contributed by atoms with Gasteiger partial charge in [0.15, 0.2) is 0 Å². The standard InChI is InChI=1S/C16H14I2S/c1-3-9-5-11-12-6-10(4-2)14(18)8-16(12)19-15(11)7-13(9)17/h5-8H,3-4H2,1-2H3. The number of rotatable bonds is 2. The fourth-order valence-electron chi connectivity index (χ4n) is 2.45. The number of hydrogen-bond donors (Lipinski definition) is 0. The van der Waals surface area contributed by atoms with E-state index in [9.17, 15) is 0 Å². The second kappa shape index (κ2) is 5.48. The summed E-state index contributed by atoms with van der Waals surface area (Å²) in [5.41, 5.74) is 2.92. The van der Waals surface area contributed by atoms with Crippen LogP contribution >= 0.6 is 56.5 Å². The van der Waals surface area contributed by atoms with Crippen molar-refractivity contribution < 1.29 is 0 Å². The van der Waals surface area contributed by atoms with Crippen LogP contribution in [-0.4, -0.2) is 0 Å². The van der Waals surface area contributed by atoms with Gasteiger partial charge in [-0.05, 0) is 93.4 Å². The number of fused-ring (bicyclic) bond motifs is 3. The molecule has 3 rings (SSSR count). The average Bonchev–Trinajstić information content (AvgIpc) is 2.72. The van der Waals surface area contributed by atoms with E-state index in [4.69, 9.17) is 0 Å². The minimum absolute atomic E-state index is 1.11. The Hall–Kier alpha value is 0.120. The first-order valence-electron chi connectivity index (χ1n) is 6.47. The van der Waals surface area contributed by atoms with Crippen LogP contribution in [0.3, 0.4) is 0 Å². The Labute approximate surface area is 144 Å². The molecule has 0 N–H and O–H groups in total. The molecule has 0 aliphatic rings. The highest BCUT2D eigenvalue weighted by Gasteiger charge is 2.10. The van der Waals surface area contributed by atoms with Gasteiger partial charge in [-0.25, -0.2) is 0 Å².